The van der Waals surface area contributed by atoms with Crippen molar-refractivity contribution in [2.24, 2.45) is 0 Å². The molecule has 0 aromatic heterocycles. The minimum Gasteiger partial charge on any atom is -0.322 e. The number of hydrogen-bond acceptors (Lipinski definition) is 4. The van der Waals surface area contributed by atoms with Crippen molar-refractivity contribution >= 4 is 33.2 Å². The average Bonchev–Trinajstić information content (AvgIpc) is 2.65. The standard InChI is InChI=1S/C23H23NO3S2/c1-16-4-13-22(17(2)14-16)28-21-11-9-20(10-12-21)24-23(25)19-7-5-18(6-8-19)15-29(3,26)27/h4-14H,15H2,1-3H3,(H,24,25). The number of hydrogen-bond donors (Lipinski definition) is 1. The first-order valence-electron chi connectivity index (χ1n) is 9.13. The third-order valence-electron chi connectivity index (χ3n) is 4.32. The van der Waals surface area contributed by atoms with Crippen molar-refractivity contribution in [2.75, 3.05) is 11.6 Å². The van der Waals surface area contributed by atoms with Gasteiger partial charge in [0.25, 0.3) is 5.91 Å². The number of benzene rings is 3. The Morgan fingerprint density at radius 2 is 1.59 bits per heavy atom. The van der Waals surface area contributed by atoms with Crippen LogP contribution in [-0.2, 0) is 15.6 Å². The lowest BCUT2D eigenvalue weighted by molar-refractivity contribution is 0.102. The van der Waals surface area contributed by atoms with E-state index < -0.39 is 9.84 Å². The molecular weight excluding hydrogens is 402 g/mol. The molecular formula is C23H23NO3S2. The fourth-order valence-electron chi connectivity index (χ4n) is 2.91. The van der Waals surface area contributed by atoms with Crippen molar-refractivity contribution in [1.29, 1.82) is 0 Å². The molecule has 1 N–H and O–H groups in total. The lowest BCUT2D eigenvalue weighted by Crippen LogP contribution is -2.12. The molecule has 0 saturated heterocycles. The van der Waals surface area contributed by atoms with Crippen molar-refractivity contribution in [3.8, 4) is 0 Å². The highest BCUT2D eigenvalue weighted by molar-refractivity contribution is 7.99. The highest BCUT2D eigenvalue weighted by Crippen LogP contribution is 2.31. The van der Waals surface area contributed by atoms with E-state index >= 15 is 0 Å². The molecule has 29 heavy (non-hydrogen) atoms. The van der Waals surface area contributed by atoms with Crippen LogP contribution < -0.4 is 5.32 Å². The molecule has 0 radical (unpaired) electrons. The highest BCUT2D eigenvalue weighted by Gasteiger charge is 2.09. The van der Waals surface area contributed by atoms with Gasteiger partial charge in [0.2, 0.25) is 0 Å². The van der Waals surface area contributed by atoms with E-state index in [9.17, 15) is 13.2 Å². The van der Waals surface area contributed by atoms with Gasteiger partial charge < -0.3 is 5.32 Å². The molecule has 3 rings (SSSR count). The number of carbonyl (C=O) groups excluding carboxylic acids is 1. The maximum Gasteiger partial charge on any atom is 0.255 e. The van der Waals surface area contributed by atoms with E-state index in [1.54, 1.807) is 36.0 Å². The summed E-state index contributed by atoms with van der Waals surface area (Å²) in [6, 6.07) is 20.7. The van der Waals surface area contributed by atoms with E-state index in [1.807, 2.05) is 24.3 Å². The Kier molecular flexibility index (Phi) is 6.45. The molecule has 0 bridgehead atoms. The number of rotatable bonds is 6. The largest absolute Gasteiger partial charge is 0.322 e. The van der Waals surface area contributed by atoms with Gasteiger partial charge in [-0.2, -0.15) is 0 Å². The number of anilines is 1. The van der Waals surface area contributed by atoms with E-state index in [0.717, 1.165) is 4.90 Å². The van der Waals surface area contributed by atoms with E-state index in [1.165, 1.54) is 22.3 Å². The Morgan fingerprint density at radius 1 is 0.931 bits per heavy atom. The zero-order valence-corrected chi connectivity index (χ0v) is 18.2. The SMILES string of the molecule is Cc1ccc(Sc2ccc(NC(=O)c3ccc(CS(C)(=O)=O)cc3)cc2)c(C)c1. The molecule has 0 aliphatic rings. The van der Waals surface area contributed by atoms with Crippen LogP contribution in [0.25, 0.3) is 0 Å². The van der Waals surface area contributed by atoms with Gasteiger partial charge in [0.15, 0.2) is 9.84 Å². The molecule has 150 valence electrons. The summed E-state index contributed by atoms with van der Waals surface area (Å²) < 4.78 is 22.7. The van der Waals surface area contributed by atoms with Crippen LogP contribution >= 0.6 is 11.8 Å². The zero-order chi connectivity index (χ0) is 21.0. The van der Waals surface area contributed by atoms with E-state index in [2.05, 4.69) is 37.4 Å². The molecule has 0 aliphatic heterocycles. The third-order valence-corrected chi connectivity index (χ3v) is 6.36. The number of nitrogens with one attached hydrogen (secondary N) is 1. The van der Waals surface area contributed by atoms with Crippen LogP contribution in [0.15, 0.2) is 76.5 Å². The zero-order valence-electron chi connectivity index (χ0n) is 16.6. The normalized spacial score (nSPS) is 11.3. The molecule has 0 aliphatic carbocycles. The van der Waals surface area contributed by atoms with Gasteiger partial charge in [-0.3, -0.25) is 4.79 Å². The Hall–Kier alpha value is -2.57. The van der Waals surface area contributed by atoms with Crippen LogP contribution in [0.5, 0.6) is 0 Å². The molecule has 0 spiro atoms. The predicted octanol–water partition coefficient (Wildman–Crippen LogP) is 5.25. The molecule has 3 aromatic carbocycles. The fourth-order valence-corrected chi connectivity index (χ4v) is 4.59. The first-order valence-corrected chi connectivity index (χ1v) is 12.0. The quantitative estimate of drug-likeness (QED) is 0.586. The van der Waals surface area contributed by atoms with Crippen LogP contribution in [0.4, 0.5) is 5.69 Å². The maximum absolute atomic E-state index is 12.4. The molecule has 3 aromatic rings. The van der Waals surface area contributed by atoms with Crippen molar-refractivity contribution in [3.63, 3.8) is 0 Å². The van der Waals surface area contributed by atoms with Gasteiger partial charge in [-0.25, -0.2) is 8.42 Å². The van der Waals surface area contributed by atoms with E-state index in [4.69, 9.17) is 0 Å². The second-order valence-corrected chi connectivity index (χ2v) is 10.4. The monoisotopic (exact) mass is 425 g/mol. The minimum atomic E-state index is -3.09. The number of sulfone groups is 1. The fraction of sp³-hybridized carbons (Fsp3) is 0.174. The molecule has 1 amide bonds. The Bertz CT molecular complexity index is 1120. The molecule has 4 nitrogen and oxygen atoms in total. The number of amides is 1. The summed E-state index contributed by atoms with van der Waals surface area (Å²) in [5, 5.41) is 2.87. The van der Waals surface area contributed by atoms with Crippen LogP contribution in [0.2, 0.25) is 0 Å². The van der Waals surface area contributed by atoms with Crippen molar-refractivity contribution in [2.45, 2.75) is 29.4 Å². The van der Waals surface area contributed by atoms with Crippen molar-refractivity contribution < 1.29 is 13.2 Å². The molecule has 0 unspecified atom stereocenters. The molecule has 6 heteroatoms. The summed E-state index contributed by atoms with van der Waals surface area (Å²) in [6.45, 7) is 4.18. The summed E-state index contributed by atoms with van der Waals surface area (Å²) in [4.78, 5) is 14.7. The topological polar surface area (TPSA) is 63.2 Å². The van der Waals surface area contributed by atoms with Gasteiger partial charge in [0.1, 0.15) is 0 Å². The minimum absolute atomic E-state index is 0.0332. The van der Waals surface area contributed by atoms with Crippen LogP contribution in [0.1, 0.15) is 27.0 Å². The second kappa shape index (κ2) is 8.84. The Balaban J connectivity index is 1.64. The van der Waals surface area contributed by atoms with Gasteiger partial charge in [-0.15, -0.1) is 0 Å². The lowest BCUT2D eigenvalue weighted by atomic mass is 10.1. The van der Waals surface area contributed by atoms with Gasteiger partial charge in [-0.05, 0) is 67.4 Å². The number of carbonyl (C=O) groups is 1. The maximum atomic E-state index is 12.4. The van der Waals surface area contributed by atoms with Gasteiger partial charge in [0, 0.05) is 27.3 Å². The van der Waals surface area contributed by atoms with Gasteiger partial charge in [0.05, 0.1) is 5.75 Å². The first-order chi connectivity index (χ1) is 13.7. The molecule has 0 atom stereocenters. The van der Waals surface area contributed by atoms with Gasteiger partial charge >= 0.3 is 0 Å². The smallest absolute Gasteiger partial charge is 0.255 e. The van der Waals surface area contributed by atoms with E-state index in [0.29, 0.717) is 16.8 Å². The summed E-state index contributed by atoms with van der Waals surface area (Å²) >= 11 is 1.69. The van der Waals surface area contributed by atoms with Gasteiger partial charge in [-0.1, -0.05) is 41.6 Å². The first kappa shape index (κ1) is 21.1. The summed E-state index contributed by atoms with van der Waals surface area (Å²) in [6.07, 6.45) is 1.19. The van der Waals surface area contributed by atoms with Crippen LogP contribution in [0, 0.1) is 13.8 Å². The second-order valence-electron chi connectivity index (χ2n) is 7.12. The Labute approximate surface area is 176 Å². The van der Waals surface area contributed by atoms with E-state index in [-0.39, 0.29) is 11.7 Å². The Morgan fingerprint density at radius 3 is 2.17 bits per heavy atom. The van der Waals surface area contributed by atoms with Crippen molar-refractivity contribution in [1.82, 2.24) is 0 Å². The molecule has 0 heterocycles. The summed E-state index contributed by atoms with van der Waals surface area (Å²) in [5.41, 5.74) is 4.34. The third kappa shape index (κ3) is 6.21. The van der Waals surface area contributed by atoms with Crippen molar-refractivity contribution in [3.05, 3.63) is 89.0 Å². The number of aryl methyl sites for hydroxylation is 2. The summed E-state index contributed by atoms with van der Waals surface area (Å²) in [5.74, 6) is -0.264. The van der Waals surface area contributed by atoms with Crippen LogP contribution in [-0.4, -0.2) is 20.6 Å². The average molecular weight is 426 g/mol. The van der Waals surface area contributed by atoms with Crippen LogP contribution in [0.3, 0.4) is 0 Å². The predicted molar refractivity (Wildman–Crippen MR) is 119 cm³/mol. The lowest BCUT2D eigenvalue weighted by Gasteiger charge is -2.09. The summed E-state index contributed by atoms with van der Waals surface area (Å²) in [7, 11) is -3.09. The highest BCUT2D eigenvalue weighted by atomic mass is 32.2. The molecule has 0 saturated carbocycles. The molecule has 0 fully saturated rings.